The molecular formula is C9H16N2O2. The molecule has 0 radical (unpaired) electrons. The van der Waals surface area contributed by atoms with E-state index < -0.39 is 12.2 Å². The smallest absolute Gasteiger partial charge is 0.108 e. The third-order valence-electron chi connectivity index (χ3n) is 2.14. The average Bonchev–Trinajstić information content (AvgIpc) is 2.47. The van der Waals surface area contributed by atoms with Crippen molar-refractivity contribution >= 4 is 0 Å². The predicted molar refractivity (Wildman–Crippen MR) is 49.2 cm³/mol. The molecule has 1 heterocycles. The van der Waals surface area contributed by atoms with Crippen molar-refractivity contribution in [2.24, 2.45) is 7.05 Å². The highest BCUT2D eigenvalue weighted by atomic mass is 16.3. The fraction of sp³-hybridized carbons (Fsp3) is 0.667. The molecule has 13 heavy (non-hydrogen) atoms. The van der Waals surface area contributed by atoms with E-state index in [0.717, 1.165) is 5.82 Å². The summed E-state index contributed by atoms with van der Waals surface area (Å²) in [4.78, 5) is 4.12. The third kappa shape index (κ3) is 2.82. The summed E-state index contributed by atoms with van der Waals surface area (Å²) in [6.07, 6.45) is 3.50. The Morgan fingerprint density at radius 3 is 2.69 bits per heavy atom. The molecule has 1 rings (SSSR count). The quantitative estimate of drug-likeness (QED) is 0.697. The Balaban J connectivity index is 2.39. The molecule has 0 saturated carbocycles. The Hall–Kier alpha value is -0.870. The van der Waals surface area contributed by atoms with Gasteiger partial charge >= 0.3 is 0 Å². The zero-order valence-electron chi connectivity index (χ0n) is 8.01. The largest absolute Gasteiger partial charge is 0.391 e. The number of aryl methyl sites for hydroxylation is 2. The van der Waals surface area contributed by atoms with Crippen LogP contribution in [0, 0.1) is 0 Å². The van der Waals surface area contributed by atoms with E-state index in [1.54, 1.807) is 13.1 Å². The lowest BCUT2D eigenvalue weighted by molar-refractivity contribution is 0.0261. The number of aromatic nitrogens is 2. The van der Waals surface area contributed by atoms with Crippen molar-refractivity contribution in [1.29, 1.82) is 0 Å². The van der Waals surface area contributed by atoms with E-state index in [1.807, 2.05) is 17.8 Å². The monoisotopic (exact) mass is 184 g/mol. The van der Waals surface area contributed by atoms with Gasteiger partial charge in [0.15, 0.2) is 0 Å². The summed E-state index contributed by atoms with van der Waals surface area (Å²) >= 11 is 0. The first-order valence-electron chi connectivity index (χ1n) is 4.43. The lowest BCUT2D eigenvalue weighted by Crippen LogP contribution is -2.23. The number of aliphatic hydroxyl groups is 2. The van der Waals surface area contributed by atoms with Gasteiger partial charge in [0.25, 0.3) is 0 Å². The van der Waals surface area contributed by atoms with Crippen LogP contribution in [0.5, 0.6) is 0 Å². The van der Waals surface area contributed by atoms with Crippen molar-refractivity contribution < 1.29 is 10.2 Å². The summed E-state index contributed by atoms with van der Waals surface area (Å²) in [5.41, 5.74) is 0. The van der Waals surface area contributed by atoms with Crippen LogP contribution in [0.2, 0.25) is 0 Å². The van der Waals surface area contributed by atoms with Crippen molar-refractivity contribution in [3.63, 3.8) is 0 Å². The average molecular weight is 184 g/mol. The zero-order valence-corrected chi connectivity index (χ0v) is 8.01. The zero-order chi connectivity index (χ0) is 9.84. The molecule has 74 valence electrons. The highest BCUT2D eigenvalue weighted by Crippen LogP contribution is 2.04. The summed E-state index contributed by atoms with van der Waals surface area (Å²) in [6, 6.07) is 0. The minimum Gasteiger partial charge on any atom is -0.391 e. The second-order valence-corrected chi connectivity index (χ2v) is 3.30. The van der Waals surface area contributed by atoms with Gasteiger partial charge in [-0.05, 0) is 13.3 Å². The molecule has 0 bridgehead atoms. The molecule has 0 aliphatic heterocycles. The van der Waals surface area contributed by atoms with Gasteiger partial charge < -0.3 is 14.8 Å². The van der Waals surface area contributed by atoms with Crippen molar-refractivity contribution in [2.75, 3.05) is 0 Å². The maximum atomic E-state index is 9.33. The first-order chi connectivity index (χ1) is 6.11. The van der Waals surface area contributed by atoms with Gasteiger partial charge in [-0.2, -0.15) is 0 Å². The number of hydrogen-bond acceptors (Lipinski definition) is 3. The van der Waals surface area contributed by atoms with Crippen LogP contribution in [0.1, 0.15) is 19.2 Å². The number of imidazole rings is 1. The lowest BCUT2D eigenvalue weighted by Gasteiger charge is -2.12. The summed E-state index contributed by atoms with van der Waals surface area (Å²) < 4.78 is 1.91. The molecule has 1 aromatic rings. The van der Waals surface area contributed by atoms with Crippen LogP contribution in [0.25, 0.3) is 0 Å². The van der Waals surface area contributed by atoms with Crippen LogP contribution in [0.4, 0.5) is 0 Å². The van der Waals surface area contributed by atoms with Crippen molar-refractivity contribution in [1.82, 2.24) is 9.55 Å². The first-order valence-corrected chi connectivity index (χ1v) is 4.43. The minimum absolute atomic E-state index is 0.544. The van der Waals surface area contributed by atoms with Crippen molar-refractivity contribution in [3.05, 3.63) is 18.2 Å². The highest BCUT2D eigenvalue weighted by molar-refractivity contribution is 4.91. The maximum Gasteiger partial charge on any atom is 0.108 e. The second kappa shape index (κ2) is 4.39. The second-order valence-electron chi connectivity index (χ2n) is 3.30. The highest BCUT2D eigenvalue weighted by Gasteiger charge is 2.11. The number of nitrogens with zero attached hydrogens (tertiary/aromatic N) is 2. The van der Waals surface area contributed by atoms with Gasteiger partial charge in [0.2, 0.25) is 0 Å². The van der Waals surface area contributed by atoms with Crippen LogP contribution >= 0.6 is 0 Å². The molecule has 2 N–H and O–H groups in total. The normalized spacial score (nSPS) is 15.7. The van der Waals surface area contributed by atoms with Crippen LogP contribution in [-0.4, -0.2) is 32.0 Å². The molecule has 4 nitrogen and oxygen atoms in total. The molecule has 0 spiro atoms. The SMILES string of the molecule is CC(O)C(O)CCc1nccn1C. The Morgan fingerprint density at radius 1 is 1.54 bits per heavy atom. The third-order valence-corrected chi connectivity index (χ3v) is 2.14. The lowest BCUT2D eigenvalue weighted by atomic mass is 10.1. The molecule has 0 amide bonds. The summed E-state index contributed by atoms with van der Waals surface area (Å²) in [5, 5.41) is 18.4. The molecule has 0 aliphatic carbocycles. The molecule has 0 fully saturated rings. The van der Waals surface area contributed by atoms with Gasteiger partial charge in [-0.3, -0.25) is 0 Å². The van der Waals surface area contributed by atoms with E-state index in [0.29, 0.717) is 12.8 Å². The van der Waals surface area contributed by atoms with Crippen LogP contribution < -0.4 is 0 Å². The van der Waals surface area contributed by atoms with Crippen molar-refractivity contribution in [3.8, 4) is 0 Å². The summed E-state index contributed by atoms with van der Waals surface area (Å²) in [5.74, 6) is 0.930. The van der Waals surface area contributed by atoms with Crippen molar-refractivity contribution in [2.45, 2.75) is 32.0 Å². The van der Waals surface area contributed by atoms with Crippen LogP contribution in [-0.2, 0) is 13.5 Å². The number of hydrogen-bond donors (Lipinski definition) is 2. The van der Waals surface area contributed by atoms with Gasteiger partial charge in [0, 0.05) is 25.9 Å². The van der Waals surface area contributed by atoms with E-state index in [2.05, 4.69) is 4.98 Å². The summed E-state index contributed by atoms with van der Waals surface area (Å²) in [6.45, 7) is 1.59. The Kier molecular flexibility index (Phi) is 3.45. The van der Waals surface area contributed by atoms with Crippen LogP contribution in [0.3, 0.4) is 0 Å². The molecule has 0 saturated heterocycles. The van der Waals surface area contributed by atoms with Gasteiger partial charge in [-0.25, -0.2) is 4.98 Å². The topological polar surface area (TPSA) is 58.3 Å². The molecule has 2 unspecified atom stereocenters. The van der Waals surface area contributed by atoms with Gasteiger partial charge in [0.1, 0.15) is 5.82 Å². The Bertz CT molecular complexity index is 258. The van der Waals surface area contributed by atoms with E-state index >= 15 is 0 Å². The fourth-order valence-electron chi connectivity index (χ4n) is 1.16. The molecule has 4 heteroatoms. The van der Waals surface area contributed by atoms with Gasteiger partial charge in [-0.15, -0.1) is 0 Å². The maximum absolute atomic E-state index is 9.33. The predicted octanol–water partition coefficient (Wildman–Crippen LogP) is 0.0944. The number of aliphatic hydroxyl groups excluding tert-OH is 2. The Labute approximate surface area is 77.8 Å². The molecule has 0 aromatic carbocycles. The number of rotatable bonds is 4. The molecule has 2 atom stereocenters. The van der Waals surface area contributed by atoms with Crippen LogP contribution in [0.15, 0.2) is 12.4 Å². The van der Waals surface area contributed by atoms with E-state index in [1.165, 1.54) is 0 Å². The van der Waals surface area contributed by atoms with Gasteiger partial charge in [0.05, 0.1) is 12.2 Å². The molecular weight excluding hydrogens is 168 g/mol. The van der Waals surface area contributed by atoms with E-state index in [9.17, 15) is 5.11 Å². The molecule has 1 aromatic heterocycles. The standard InChI is InChI=1S/C9H16N2O2/c1-7(12)8(13)3-4-9-10-5-6-11(9)2/h5-8,12-13H,3-4H2,1-2H3. The summed E-state index contributed by atoms with van der Waals surface area (Å²) in [7, 11) is 1.91. The first kappa shape index (κ1) is 10.2. The van der Waals surface area contributed by atoms with E-state index in [4.69, 9.17) is 5.11 Å². The van der Waals surface area contributed by atoms with Gasteiger partial charge in [-0.1, -0.05) is 0 Å². The Morgan fingerprint density at radius 2 is 2.23 bits per heavy atom. The fourth-order valence-corrected chi connectivity index (χ4v) is 1.16. The molecule has 0 aliphatic rings. The van der Waals surface area contributed by atoms with E-state index in [-0.39, 0.29) is 0 Å². The minimum atomic E-state index is -0.666.